The molecular weight excluding hydrogens is 202 g/mol. The molecule has 0 aromatic carbocycles. The van der Waals surface area contributed by atoms with E-state index in [-0.39, 0.29) is 0 Å². The van der Waals surface area contributed by atoms with E-state index < -0.39 is 6.10 Å². The fraction of sp³-hybridized carbons (Fsp3) is 0.167. The average molecular weight is 215 g/mol. The number of aliphatic hydroxyl groups excluding tert-OH is 1. The number of aliphatic hydroxyl groups is 1. The van der Waals surface area contributed by atoms with E-state index in [2.05, 4.69) is 9.97 Å². The van der Waals surface area contributed by atoms with Crippen LogP contribution in [0.25, 0.3) is 0 Å². The van der Waals surface area contributed by atoms with Gasteiger partial charge in [0.2, 0.25) is 0 Å². The first-order valence-electron chi connectivity index (χ1n) is 4.99. The molecule has 2 aromatic rings. The van der Waals surface area contributed by atoms with Crippen LogP contribution in [0.2, 0.25) is 0 Å². The van der Waals surface area contributed by atoms with Gasteiger partial charge in [-0.3, -0.25) is 9.97 Å². The number of pyridine rings is 2. The van der Waals surface area contributed by atoms with Gasteiger partial charge in [-0.25, -0.2) is 0 Å². The van der Waals surface area contributed by atoms with Crippen molar-refractivity contribution in [1.82, 2.24) is 9.97 Å². The van der Waals surface area contributed by atoms with Crippen LogP contribution in [0.4, 0.5) is 5.69 Å². The molecule has 82 valence electrons. The average Bonchev–Trinajstić information content (AvgIpc) is 2.29. The zero-order valence-electron chi connectivity index (χ0n) is 8.96. The Bertz CT molecular complexity index is 499. The topological polar surface area (TPSA) is 72.0 Å². The summed E-state index contributed by atoms with van der Waals surface area (Å²) in [5, 5.41) is 10.1. The van der Waals surface area contributed by atoms with Gasteiger partial charge in [0.1, 0.15) is 6.10 Å². The molecule has 3 N–H and O–H groups in total. The summed E-state index contributed by atoms with van der Waals surface area (Å²) >= 11 is 0. The van der Waals surface area contributed by atoms with Crippen LogP contribution >= 0.6 is 0 Å². The van der Waals surface area contributed by atoms with E-state index >= 15 is 0 Å². The molecule has 1 unspecified atom stereocenters. The fourth-order valence-electron chi connectivity index (χ4n) is 1.52. The van der Waals surface area contributed by atoms with Crippen molar-refractivity contribution < 1.29 is 5.11 Å². The van der Waals surface area contributed by atoms with Crippen molar-refractivity contribution in [2.45, 2.75) is 13.0 Å². The Balaban J connectivity index is 2.39. The maximum atomic E-state index is 10.1. The minimum atomic E-state index is -0.825. The van der Waals surface area contributed by atoms with Crippen molar-refractivity contribution in [3.8, 4) is 0 Å². The molecule has 2 aromatic heterocycles. The second kappa shape index (κ2) is 4.28. The molecule has 0 bridgehead atoms. The van der Waals surface area contributed by atoms with Crippen LogP contribution < -0.4 is 5.73 Å². The Morgan fingerprint density at radius 2 is 2.12 bits per heavy atom. The highest BCUT2D eigenvalue weighted by atomic mass is 16.3. The van der Waals surface area contributed by atoms with Crippen LogP contribution in [0.15, 0.2) is 36.7 Å². The molecule has 4 heteroatoms. The van der Waals surface area contributed by atoms with Gasteiger partial charge in [0.05, 0.1) is 5.69 Å². The lowest BCUT2D eigenvalue weighted by Gasteiger charge is -2.12. The predicted octanol–water partition coefficient (Wildman–Crippen LogP) is 1.45. The van der Waals surface area contributed by atoms with Crippen molar-refractivity contribution >= 4 is 5.69 Å². The normalized spacial score (nSPS) is 12.4. The maximum Gasteiger partial charge on any atom is 0.124 e. The van der Waals surface area contributed by atoms with Crippen molar-refractivity contribution in [3.05, 3.63) is 53.6 Å². The van der Waals surface area contributed by atoms with Crippen LogP contribution in [0.3, 0.4) is 0 Å². The molecule has 0 saturated heterocycles. The summed E-state index contributed by atoms with van der Waals surface area (Å²) in [7, 11) is 0. The van der Waals surface area contributed by atoms with E-state index in [1.54, 1.807) is 24.5 Å². The predicted molar refractivity (Wildman–Crippen MR) is 61.7 cm³/mol. The van der Waals surface area contributed by atoms with Crippen molar-refractivity contribution in [2.24, 2.45) is 0 Å². The third-order valence-electron chi connectivity index (χ3n) is 2.37. The summed E-state index contributed by atoms with van der Waals surface area (Å²) < 4.78 is 0. The smallest absolute Gasteiger partial charge is 0.124 e. The highest BCUT2D eigenvalue weighted by Crippen LogP contribution is 2.24. The largest absolute Gasteiger partial charge is 0.398 e. The summed E-state index contributed by atoms with van der Waals surface area (Å²) in [6, 6.07) is 7.16. The van der Waals surface area contributed by atoms with E-state index in [0.29, 0.717) is 16.9 Å². The Labute approximate surface area is 93.8 Å². The third-order valence-corrected chi connectivity index (χ3v) is 2.37. The fourth-order valence-corrected chi connectivity index (χ4v) is 1.52. The summed E-state index contributed by atoms with van der Waals surface area (Å²) in [4.78, 5) is 8.20. The van der Waals surface area contributed by atoms with Crippen LogP contribution in [0.5, 0.6) is 0 Å². The summed E-state index contributed by atoms with van der Waals surface area (Å²) in [6.07, 6.45) is 2.33. The van der Waals surface area contributed by atoms with Gasteiger partial charge in [-0.05, 0) is 25.1 Å². The van der Waals surface area contributed by atoms with Gasteiger partial charge in [-0.15, -0.1) is 0 Å². The van der Waals surface area contributed by atoms with Crippen LogP contribution in [-0.2, 0) is 0 Å². The minimum absolute atomic E-state index is 0.519. The zero-order valence-corrected chi connectivity index (χ0v) is 8.96. The minimum Gasteiger partial charge on any atom is -0.398 e. The van der Waals surface area contributed by atoms with E-state index in [1.807, 2.05) is 19.1 Å². The van der Waals surface area contributed by atoms with Gasteiger partial charge in [0.25, 0.3) is 0 Å². The molecular formula is C12H13N3O. The Kier molecular flexibility index (Phi) is 2.83. The Morgan fingerprint density at radius 3 is 2.81 bits per heavy atom. The Morgan fingerprint density at radius 1 is 1.31 bits per heavy atom. The molecule has 1 atom stereocenters. The second-order valence-electron chi connectivity index (χ2n) is 3.61. The van der Waals surface area contributed by atoms with Gasteiger partial charge in [0, 0.05) is 29.3 Å². The molecule has 4 nitrogen and oxygen atoms in total. The van der Waals surface area contributed by atoms with E-state index in [4.69, 9.17) is 5.73 Å². The zero-order chi connectivity index (χ0) is 11.5. The number of rotatable bonds is 2. The molecule has 0 spiro atoms. The summed E-state index contributed by atoms with van der Waals surface area (Å²) in [6.45, 7) is 1.88. The van der Waals surface area contributed by atoms with E-state index in [0.717, 1.165) is 5.69 Å². The lowest BCUT2D eigenvalue weighted by Crippen LogP contribution is -2.06. The molecule has 0 amide bonds. The number of nitrogen functional groups attached to an aromatic ring is 1. The molecule has 2 heterocycles. The standard InChI is InChI=1S/C12H13N3O/c1-8-3-2-4-11(15-8)12(16)9-7-14-6-5-10(9)13/h2-7,12,16H,1H3,(H2,13,14). The van der Waals surface area contributed by atoms with E-state index in [1.165, 1.54) is 0 Å². The first-order valence-corrected chi connectivity index (χ1v) is 4.99. The number of hydrogen-bond acceptors (Lipinski definition) is 4. The molecule has 0 aliphatic heterocycles. The number of aromatic nitrogens is 2. The van der Waals surface area contributed by atoms with Gasteiger partial charge in [-0.1, -0.05) is 6.07 Å². The SMILES string of the molecule is Cc1cccc(C(O)c2cnccc2N)n1. The molecule has 0 saturated carbocycles. The number of aryl methyl sites for hydroxylation is 1. The van der Waals surface area contributed by atoms with Gasteiger partial charge >= 0.3 is 0 Å². The third kappa shape index (κ3) is 2.01. The monoisotopic (exact) mass is 215 g/mol. The van der Waals surface area contributed by atoms with Crippen molar-refractivity contribution in [2.75, 3.05) is 5.73 Å². The number of anilines is 1. The van der Waals surface area contributed by atoms with Crippen LogP contribution in [0.1, 0.15) is 23.1 Å². The lowest BCUT2D eigenvalue weighted by molar-refractivity contribution is 0.215. The summed E-state index contributed by atoms with van der Waals surface area (Å²) in [5.41, 5.74) is 8.32. The maximum absolute atomic E-state index is 10.1. The van der Waals surface area contributed by atoms with Crippen LogP contribution in [-0.4, -0.2) is 15.1 Å². The number of hydrogen-bond donors (Lipinski definition) is 2. The van der Waals surface area contributed by atoms with Crippen LogP contribution in [0, 0.1) is 6.92 Å². The molecule has 0 aliphatic rings. The number of nitrogens with two attached hydrogens (primary N) is 1. The first kappa shape index (κ1) is 10.6. The van der Waals surface area contributed by atoms with E-state index in [9.17, 15) is 5.11 Å². The molecule has 2 rings (SSSR count). The van der Waals surface area contributed by atoms with Crippen molar-refractivity contribution in [1.29, 1.82) is 0 Å². The first-order chi connectivity index (χ1) is 7.68. The van der Waals surface area contributed by atoms with Gasteiger partial charge < -0.3 is 10.8 Å². The quantitative estimate of drug-likeness (QED) is 0.795. The highest BCUT2D eigenvalue weighted by Gasteiger charge is 2.14. The molecule has 0 radical (unpaired) electrons. The van der Waals surface area contributed by atoms with Crippen molar-refractivity contribution in [3.63, 3.8) is 0 Å². The van der Waals surface area contributed by atoms with Gasteiger partial charge in [-0.2, -0.15) is 0 Å². The Hall–Kier alpha value is -1.94. The number of nitrogens with zero attached hydrogens (tertiary/aromatic N) is 2. The lowest BCUT2D eigenvalue weighted by atomic mass is 10.1. The molecule has 0 fully saturated rings. The summed E-state index contributed by atoms with van der Waals surface area (Å²) in [5.74, 6) is 0. The second-order valence-corrected chi connectivity index (χ2v) is 3.61. The molecule has 16 heavy (non-hydrogen) atoms. The highest BCUT2D eigenvalue weighted by molar-refractivity contribution is 5.47. The molecule has 0 aliphatic carbocycles. The van der Waals surface area contributed by atoms with Gasteiger partial charge in [0.15, 0.2) is 0 Å².